The zero-order valence-electron chi connectivity index (χ0n) is 12.8. The summed E-state index contributed by atoms with van der Waals surface area (Å²) in [7, 11) is 1.94. The second-order valence-electron chi connectivity index (χ2n) is 6.12. The average Bonchev–Trinajstić information content (AvgIpc) is 3.09. The lowest BCUT2D eigenvalue weighted by Gasteiger charge is -2.15. The highest BCUT2D eigenvalue weighted by molar-refractivity contribution is 5.87. The van der Waals surface area contributed by atoms with E-state index < -0.39 is 5.97 Å². The maximum atomic E-state index is 11.0. The van der Waals surface area contributed by atoms with E-state index >= 15 is 0 Å². The molecule has 116 valence electrons. The van der Waals surface area contributed by atoms with Crippen LogP contribution in [0.3, 0.4) is 0 Å². The van der Waals surface area contributed by atoms with Gasteiger partial charge in [0, 0.05) is 31.9 Å². The average molecular weight is 299 g/mol. The summed E-state index contributed by atoms with van der Waals surface area (Å²) in [6.45, 7) is 3.10. The Kier molecular flexibility index (Phi) is 4.24. The number of carboxylic acids is 1. The van der Waals surface area contributed by atoms with Gasteiger partial charge in [-0.15, -0.1) is 0 Å². The van der Waals surface area contributed by atoms with Crippen LogP contribution in [0, 0.1) is 5.92 Å². The van der Waals surface area contributed by atoms with E-state index in [1.165, 1.54) is 5.56 Å². The minimum atomic E-state index is -0.855. The first-order chi connectivity index (χ1) is 10.6. The van der Waals surface area contributed by atoms with Crippen LogP contribution in [0.25, 0.3) is 0 Å². The molecule has 5 heteroatoms. The Morgan fingerprint density at radius 2 is 2.27 bits per heavy atom. The van der Waals surface area contributed by atoms with E-state index in [0.29, 0.717) is 11.5 Å². The monoisotopic (exact) mass is 299 g/mol. The zero-order valence-corrected chi connectivity index (χ0v) is 12.8. The molecule has 1 aromatic carbocycles. The Bertz CT molecular complexity index is 665. The molecular weight excluding hydrogens is 278 g/mol. The van der Waals surface area contributed by atoms with Gasteiger partial charge in [0.05, 0.1) is 11.8 Å². The van der Waals surface area contributed by atoms with E-state index in [2.05, 4.69) is 16.2 Å². The number of benzene rings is 1. The number of nitrogens with zero attached hydrogens (tertiary/aromatic N) is 3. The Morgan fingerprint density at radius 1 is 1.41 bits per heavy atom. The molecule has 1 aliphatic heterocycles. The molecule has 0 bridgehead atoms. The van der Waals surface area contributed by atoms with Gasteiger partial charge in [0.2, 0.25) is 0 Å². The molecule has 1 saturated heterocycles. The SMILES string of the molecule is Cn1cc(CN2CCC(Cc3cccc(C(=O)O)c3)C2)cn1. The quantitative estimate of drug-likeness (QED) is 0.919. The molecule has 1 fully saturated rings. The number of aryl methyl sites for hydroxylation is 1. The third-order valence-electron chi connectivity index (χ3n) is 4.23. The molecule has 5 nitrogen and oxygen atoms in total. The topological polar surface area (TPSA) is 58.4 Å². The van der Waals surface area contributed by atoms with Gasteiger partial charge >= 0.3 is 5.97 Å². The highest BCUT2D eigenvalue weighted by Crippen LogP contribution is 2.22. The van der Waals surface area contributed by atoms with E-state index in [9.17, 15) is 4.79 Å². The third-order valence-corrected chi connectivity index (χ3v) is 4.23. The van der Waals surface area contributed by atoms with Crippen LogP contribution in [0.1, 0.15) is 27.9 Å². The van der Waals surface area contributed by atoms with E-state index in [4.69, 9.17) is 5.11 Å². The normalized spacial score (nSPS) is 18.7. The van der Waals surface area contributed by atoms with Crippen LogP contribution >= 0.6 is 0 Å². The zero-order chi connectivity index (χ0) is 15.5. The van der Waals surface area contributed by atoms with Crippen molar-refractivity contribution in [3.8, 4) is 0 Å². The van der Waals surface area contributed by atoms with Crippen molar-refractivity contribution in [2.75, 3.05) is 13.1 Å². The van der Waals surface area contributed by atoms with Crippen molar-refractivity contribution >= 4 is 5.97 Å². The molecule has 1 aromatic heterocycles. The molecule has 1 N–H and O–H groups in total. The molecule has 2 aromatic rings. The number of hydrogen-bond acceptors (Lipinski definition) is 3. The van der Waals surface area contributed by atoms with Crippen LogP contribution in [0.5, 0.6) is 0 Å². The van der Waals surface area contributed by atoms with Gasteiger partial charge in [0.15, 0.2) is 0 Å². The summed E-state index contributed by atoms with van der Waals surface area (Å²) < 4.78 is 1.83. The predicted molar refractivity (Wildman–Crippen MR) is 83.7 cm³/mol. The molecule has 0 amide bonds. The number of aromatic carboxylic acids is 1. The molecule has 0 radical (unpaired) electrons. The summed E-state index contributed by atoms with van der Waals surface area (Å²) in [5.74, 6) is -0.257. The predicted octanol–water partition coefficient (Wildman–Crippen LogP) is 2.18. The molecule has 2 heterocycles. The van der Waals surface area contributed by atoms with E-state index in [1.54, 1.807) is 12.1 Å². The van der Waals surface area contributed by atoms with Crippen LogP contribution in [-0.2, 0) is 20.0 Å². The Balaban J connectivity index is 1.56. The smallest absolute Gasteiger partial charge is 0.335 e. The molecule has 0 spiro atoms. The molecule has 3 rings (SSSR count). The van der Waals surface area contributed by atoms with Crippen molar-refractivity contribution < 1.29 is 9.90 Å². The molecule has 0 aliphatic carbocycles. The molecule has 1 atom stereocenters. The van der Waals surface area contributed by atoms with Crippen LogP contribution < -0.4 is 0 Å². The van der Waals surface area contributed by atoms with Gasteiger partial charge in [-0.2, -0.15) is 5.10 Å². The largest absolute Gasteiger partial charge is 0.478 e. The first kappa shape index (κ1) is 14.8. The number of rotatable bonds is 5. The number of carbonyl (C=O) groups is 1. The summed E-state index contributed by atoms with van der Waals surface area (Å²) in [5.41, 5.74) is 2.74. The van der Waals surface area contributed by atoms with Gasteiger partial charge in [0.1, 0.15) is 0 Å². The summed E-state index contributed by atoms with van der Waals surface area (Å²) in [6.07, 6.45) is 6.09. The van der Waals surface area contributed by atoms with Crippen LogP contribution in [-0.4, -0.2) is 38.8 Å². The van der Waals surface area contributed by atoms with Gasteiger partial charge in [-0.25, -0.2) is 4.79 Å². The first-order valence-electron chi connectivity index (χ1n) is 7.62. The van der Waals surface area contributed by atoms with Crippen molar-refractivity contribution in [1.82, 2.24) is 14.7 Å². The number of aromatic nitrogens is 2. The maximum absolute atomic E-state index is 11.0. The molecule has 1 unspecified atom stereocenters. The van der Waals surface area contributed by atoms with Crippen molar-refractivity contribution in [3.05, 3.63) is 53.3 Å². The highest BCUT2D eigenvalue weighted by Gasteiger charge is 2.23. The maximum Gasteiger partial charge on any atom is 0.335 e. The fraction of sp³-hybridized carbons (Fsp3) is 0.412. The minimum Gasteiger partial charge on any atom is -0.478 e. The second kappa shape index (κ2) is 6.32. The lowest BCUT2D eigenvalue weighted by atomic mass is 9.97. The van der Waals surface area contributed by atoms with Gasteiger partial charge in [-0.1, -0.05) is 12.1 Å². The number of hydrogen-bond donors (Lipinski definition) is 1. The first-order valence-corrected chi connectivity index (χ1v) is 7.62. The fourth-order valence-electron chi connectivity index (χ4n) is 3.20. The molecule has 1 aliphatic rings. The Hall–Kier alpha value is -2.14. The van der Waals surface area contributed by atoms with E-state index in [1.807, 2.05) is 30.1 Å². The highest BCUT2D eigenvalue weighted by atomic mass is 16.4. The van der Waals surface area contributed by atoms with Crippen LogP contribution in [0.15, 0.2) is 36.7 Å². The lowest BCUT2D eigenvalue weighted by molar-refractivity contribution is 0.0696. The van der Waals surface area contributed by atoms with Crippen molar-refractivity contribution in [1.29, 1.82) is 0 Å². The number of carboxylic acid groups (broad SMARTS) is 1. The van der Waals surface area contributed by atoms with E-state index in [-0.39, 0.29) is 0 Å². The fourth-order valence-corrected chi connectivity index (χ4v) is 3.20. The Labute approximate surface area is 130 Å². The van der Waals surface area contributed by atoms with Gasteiger partial charge in [-0.05, 0) is 43.0 Å². The van der Waals surface area contributed by atoms with Crippen LogP contribution in [0.4, 0.5) is 0 Å². The van der Waals surface area contributed by atoms with Gasteiger partial charge < -0.3 is 5.11 Å². The van der Waals surface area contributed by atoms with Crippen molar-refractivity contribution in [2.45, 2.75) is 19.4 Å². The van der Waals surface area contributed by atoms with E-state index in [0.717, 1.165) is 38.0 Å². The van der Waals surface area contributed by atoms with Gasteiger partial charge in [0.25, 0.3) is 0 Å². The minimum absolute atomic E-state index is 0.378. The lowest BCUT2D eigenvalue weighted by Crippen LogP contribution is -2.20. The third kappa shape index (κ3) is 3.54. The van der Waals surface area contributed by atoms with Gasteiger partial charge in [-0.3, -0.25) is 9.58 Å². The van der Waals surface area contributed by atoms with Crippen LogP contribution in [0.2, 0.25) is 0 Å². The number of likely N-dealkylation sites (tertiary alicyclic amines) is 1. The molecule has 0 saturated carbocycles. The standard InChI is InChI=1S/C17H21N3O2/c1-19-10-15(9-18-19)12-20-6-5-14(11-20)7-13-3-2-4-16(8-13)17(21)22/h2-4,8-10,14H,5-7,11-12H2,1H3,(H,21,22). The summed E-state index contributed by atoms with van der Waals surface area (Å²) in [4.78, 5) is 13.5. The Morgan fingerprint density at radius 3 is 3.00 bits per heavy atom. The summed E-state index contributed by atoms with van der Waals surface area (Å²) >= 11 is 0. The summed E-state index contributed by atoms with van der Waals surface area (Å²) in [6, 6.07) is 7.30. The summed E-state index contributed by atoms with van der Waals surface area (Å²) in [5, 5.41) is 13.3. The van der Waals surface area contributed by atoms with Crippen molar-refractivity contribution in [3.63, 3.8) is 0 Å². The molecule has 22 heavy (non-hydrogen) atoms. The second-order valence-corrected chi connectivity index (χ2v) is 6.12. The molecular formula is C17H21N3O2. The van der Waals surface area contributed by atoms with Crippen molar-refractivity contribution in [2.24, 2.45) is 13.0 Å².